The van der Waals surface area contributed by atoms with E-state index in [1.54, 1.807) is 13.3 Å². The molecule has 2 heterocycles. The molecule has 0 spiro atoms. The number of aryl methyl sites for hydroxylation is 1. The van der Waals surface area contributed by atoms with Gasteiger partial charge in [-0.05, 0) is 25.3 Å². The lowest BCUT2D eigenvalue weighted by molar-refractivity contribution is 0.389. The number of hydrogen-bond acceptors (Lipinski definition) is 5. The lowest BCUT2D eigenvalue weighted by Crippen LogP contribution is -2.22. The molecular weight excluding hydrogens is 218 g/mol. The Kier molecular flexibility index (Phi) is 2.29. The van der Waals surface area contributed by atoms with Crippen LogP contribution in [-0.4, -0.2) is 22.6 Å². The maximum absolute atomic E-state index is 6.04. The van der Waals surface area contributed by atoms with Gasteiger partial charge in [0.1, 0.15) is 5.52 Å². The third-order valence-corrected chi connectivity index (χ3v) is 3.24. The van der Waals surface area contributed by atoms with Crippen LogP contribution in [-0.2, 0) is 6.42 Å². The molecule has 90 valence electrons. The zero-order chi connectivity index (χ0) is 11.9. The summed E-state index contributed by atoms with van der Waals surface area (Å²) in [6.45, 7) is 0. The second-order valence-corrected chi connectivity index (χ2v) is 4.64. The minimum atomic E-state index is 0.0307. The Morgan fingerprint density at radius 1 is 1.53 bits per heavy atom. The van der Waals surface area contributed by atoms with Gasteiger partial charge in [0.15, 0.2) is 5.89 Å². The summed E-state index contributed by atoms with van der Waals surface area (Å²) >= 11 is 0. The molecule has 0 saturated heterocycles. The first kappa shape index (κ1) is 10.5. The van der Waals surface area contributed by atoms with E-state index in [-0.39, 0.29) is 5.54 Å². The summed E-state index contributed by atoms with van der Waals surface area (Å²) in [6, 6.07) is 1.82. The van der Waals surface area contributed by atoms with E-state index < -0.39 is 0 Å². The van der Waals surface area contributed by atoms with E-state index in [0.717, 1.165) is 31.2 Å². The van der Waals surface area contributed by atoms with Crippen LogP contribution < -0.4 is 10.5 Å². The van der Waals surface area contributed by atoms with Crippen molar-refractivity contribution in [3.05, 3.63) is 18.2 Å². The van der Waals surface area contributed by atoms with E-state index in [4.69, 9.17) is 14.9 Å². The van der Waals surface area contributed by atoms with Crippen LogP contribution in [0.15, 0.2) is 16.7 Å². The average Bonchev–Trinajstić information content (AvgIpc) is 2.92. The topological polar surface area (TPSA) is 74.2 Å². The molecule has 1 saturated carbocycles. The second kappa shape index (κ2) is 3.70. The molecule has 5 heteroatoms. The third-order valence-electron chi connectivity index (χ3n) is 3.24. The number of rotatable bonds is 4. The van der Waals surface area contributed by atoms with E-state index in [2.05, 4.69) is 9.97 Å². The van der Waals surface area contributed by atoms with E-state index in [1.807, 2.05) is 6.07 Å². The van der Waals surface area contributed by atoms with Crippen molar-refractivity contribution >= 4 is 11.1 Å². The van der Waals surface area contributed by atoms with Crippen molar-refractivity contribution in [2.75, 3.05) is 7.11 Å². The molecule has 1 fully saturated rings. The fraction of sp³-hybridized carbons (Fsp3) is 0.500. The molecule has 0 aliphatic heterocycles. The number of nitrogens with zero attached hydrogens (tertiary/aromatic N) is 2. The highest BCUT2D eigenvalue weighted by Gasteiger charge is 2.37. The molecule has 5 nitrogen and oxygen atoms in total. The smallest absolute Gasteiger partial charge is 0.259 e. The van der Waals surface area contributed by atoms with Gasteiger partial charge in [-0.1, -0.05) is 0 Å². The van der Waals surface area contributed by atoms with Crippen molar-refractivity contribution in [2.24, 2.45) is 5.73 Å². The van der Waals surface area contributed by atoms with Crippen LogP contribution in [0, 0.1) is 0 Å². The first-order valence-electron chi connectivity index (χ1n) is 5.77. The van der Waals surface area contributed by atoms with Crippen LogP contribution in [0.4, 0.5) is 0 Å². The van der Waals surface area contributed by atoms with Crippen molar-refractivity contribution in [3.8, 4) is 5.88 Å². The third kappa shape index (κ3) is 1.98. The predicted octanol–water partition coefficient (Wildman–Crippen LogP) is 1.66. The number of aromatic nitrogens is 2. The number of nitrogens with two attached hydrogens (primary N) is 1. The molecule has 2 aromatic heterocycles. The Balaban J connectivity index is 1.85. The molecule has 2 N–H and O–H groups in total. The molecule has 0 bridgehead atoms. The predicted molar refractivity (Wildman–Crippen MR) is 62.8 cm³/mol. The van der Waals surface area contributed by atoms with Gasteiger partial charge in [-0.2, -0.15) is 0 Å². The van der Waals surface area contributed by atoms with Gasteiger partial charge in [-0.3, -0.25) is 0 Å². The number of pyridine rings is 1. The zero-order valence-electron chi connectivity index (χ0n) is 9.77. The molecule has 2 aromatic rings. The number of fused-ring (bicyclic) bond motifs is 1. The highest BCUT2D eigenvalue weighted by Crippen LogP contribution is 2.36. The Morgan fingerprint density at radius 3 is 3.06 bits per heavy atom. The molecule has 1 aliphatic rings. The van der Waals surface area contributed by atoms with Crippen LogP contribution >= 0.6 is 0 Å². The molecule has 1 aliphatic carbocycles. The summed E-state index contributed by atoms with van der Waals surface area (Å²) in [6.07, 6.45) is 5.58. The minimum absolute atomic E-state index is 0.0307. The van der Waals surface area contributed by atoms with Crippen LogP contribution in [0.2, 0.25) is 0 Å². The molecule has 3 rings (SSSR count). The Hall–Kier alpha value is -1.62. The fourth-order valence-electron chi connectivity index (χ4n) is 1.90. The molecule has 0 unspecified atom stereocenters. The zero-order valence-corrected chi connectivity index (χ0v) is 9.77. The van der Waals surface area contributed by atoms with Gasteiger partial charge in [0.25, 0.3) is 5.88 Å². The molecular formula is C12H15N3O2. The average molecular weight is 233 g/mol. The summed E-state index contributed by atoms with van der Waals surface area (Å²) in [4.78, 5) is 8.49. The fourth-order valence-corrected chi connectivity index (χ4v) is 1.90. The SMILES string of the molecule is COc1nccc2nc(CCC3(N)CC3)oc12. The van der Waals surface area contributed by atoms with E-state index in [0.29, 0.717) is 17.4 Å². The van der Waals surface area contributed by atoms with Gasteiger partial charge >= 0.3 is 0 Å². The molecule has 0 radical (unpaired) electrons. The van der Waals surface area contributed by atoms with Crippen LogP contribution in [0.3, 0.4) is 0 Å². The summed E-state index contributed by atoms with van der Waals surface area (Å²) in [5.74, 6) is 1.19. The highest BCUT2D eigenvalue weighted by molar-refractivity contribution is 5.77. The Labute approximate surface area is 99.0 Å². The summed E-state index contributed by atoms with van der Waals surface area (Å²) in [5, 5.41) is 0. The lowest BCUT2D eigenvalue weighted by atomic mass is 10.1. The molecule has 0 atom stereocenters. The van der Waals surface area contributed by atoms with Gasteiger partial charge in [0, 0.05) is 18.2 Å². The van der Waals surface area contributed by atoms with Crippen molar-refractivity contribution in [3.63, 3.8) is 0 Å². The standard InChI is InChI=1S/C12H15N3O2/c1-16-11-10-8(3-7-14-11)15-9(17-10)2-4-12(13)5-6-12/h3,7H,2,4-6,13H2,1H3. The Bertz CT molecular complexity index is 546. The summed E-state index contributed by atoms with van der Waals surface area (Å²) in [7, 11) is 1.57. The summed E-state index contributed by atoms with van der Waals surface area (Å²) < 4.78 is 10.8. The van der Waals surface area contributed by atoms with Crippen LogP contribution in [0.1, 0.15) is 25.2 Å². The van der Waals surface area contributed by atoms with Crippen LogP contribution in [0.25, 0.3) is 11.1 Å². The van der Waals surface area contributed by atoms with Crippen molar-refractivity contribution in [2.45, 2.75) is 31.2 Å². The van der Waals surface area contributed by atoms with E-state index >= 15 is 0 Å². The van der Waals surface area contributed by atoms with E-state index in [9.17, 15) is 0 Å². The van der Waals surface area contributed by atoms with Gasteiger partial charge in [0.2, 0.25) is 5.58 Å². The normalized spacial score (nSPS) is 17.3. The van der Waals surface area contributed by atoms with Gasteiger partial charge in [-0.25, -0.2) is 9.97 Å². The monoisotopic (exact) mass is 233 g/mol. The molecule has 0 aromatic carbocycles. The quantitative estimate of drug-likeness (QED) is 0.869. The van der Waals surface area contributed by atoms with Crippen molar-refractivity contribution in [1.82, 2.24) is 9.97 Å². The molecule has 0 amide bonds. The first-order valence-corrected chi connectivity index (χ1v) is 5.77. The largest absolute Gasteiger partial charge is 0.478 e. The van der Waals surface area contributed by atoms with E-state index in [1.165, 1.54) is 0 Å². The van der Waals surface area contributed by atoms with Gasteiger partial charge in [0.05, 0.1) is 7.11 Å². The van der Waals surface area contributed by atoms with Crippen molar-refractivity contribution in [1.29, 1.82) is 0 Å². The number of ether oxygens (including phenoxy) is 1. The first-order chi connectivity index (χ1) is 8.20. The maximum Gasteiger partial charge on any atom is 0.259 e. The number of oxazole rings is 1. The lowest BCUT2D eigenvalue weighted by Gasteiger charge is -2.04. The van der Waals surface area contributed by atoms with Gasteiger partial charge < -0.3 is 14.9 Å². The second-order valence-electron chi connectivity index (χ2n) is 4.64. The maximum atomic E-state index is 6.04. The Morgan fingerprint density at radius 2 is 2.35 bits per heavy atom. The van der Waals surface area contributed by atoms with Crippen LogP contribution in [0.5, 0.6) is 5.88 Å². The molecule has 17 heavy (non-hydrogen) atoms. The number of methoxy groups -OCH3 is 1. The number of hydrogen-bond donors (Lipinski definition) is 1. The minimum Gasteiger partial charge on any atom is -0.478 e. The van der Waals surface area contributed by atoms with Crippen molar-refractivity contribution < 1.29 is 9.15 Å². The van der Waals surface area contributed by atoms with Gasteiger partial charge in [-0.15, -0.1) is 0 Å². The highest BCUT2D eigenvalue weighted by atomic mass is 16.5. The summed E-state index contributed by atoms with van der Waals surface area (Å²) in [5.41, 5.74) is 7.47.